The molecule has 0 spiro atoms. The van der Waals surface area contributed by atoms with Crippen molar-refractivity contribution in [3.05, 3.63) is 64.6 Å². The van der Waals surface area contributed by atoms with Crippen LogP contribution in [0.15, 0.2) is 53.5 Å². The molecule has 2 rings (SSSR count). The smallest absolute Gasteiger partial charge is 0.250 e. The molecule has 2 aromatic rings. The number of benzene rings is 1. The Morgan fingerprint density at radius 2 is 1.90 bits per heavy atom. The molecule has 1 aromatic heterocycles. The van der Waals surface area contributed by atoms with Gasteiger partial charge in [0.05, 0.1) is 0 Å². The maximum atomic E-state index is 11.6. The summed E-state index contributed by atoms with van der Waals surface area (Å²) in [6, 6.07) is 13.5. The second-order valence-corrected chi connectivity index (χ2v) is 5.07. The first-order valence-electron chi connectivity index (χ1n) is 6.83. The summed E-state index contributed by atoms with van der Waals surface area (Å²) in [5.41, 5.74) is 7.62. The summed E-state index contributed by atoms with van der Waals surface area (Å²) < 4.78 is 1.67. The summed E-state index contributed by atoms with van der Waals surface area (Å²) in [5, 5.41) is 0. The van der Waals surface area contributed by atoms with Crippen molar-refractivity contribution in [3.63, 3.8) is 0 Å². The van der Waals surface area contributed by atoms with E-state index in [4.69, 9.17) is 5.73 Å². The summed E-state index contributed by atoms with van der Waals surface area (Å²) in [5.74, 6) is 0. The Bertz CT molecular complexity index is 592. The Hall–Kier alpha value is -2.07. The normalized spacial score (nSPS) is 10.9. The summed E-state index contributed by atoms with van der Waals surface area (Å²) in [7, 11) is 2.09. The third kappa shape index (κ3) is 4.24. The lowest BCUT2D eigenvalue weighted by atomic mass is 10.2. The number of hydrogen-bond donors (Lipinski definition) is 1. The predicted octanol–water partition coefficient (Wildman–Crippen LogP) is 1.95. The number of nitrogens with two attached hydrogens (primary N) is 1. The fraction of sp³-hybridized carbons (Fsp3) is 0.312. The Kier molecular flexibility index (Phi) is 4.96. The maximum Gasteiger partial charge on any atom is 0.250 e. The summed E-state index contributed by atoms with van der Waals surface area (Å²) in [6.45, 7) is 2.56. The Labute approximate surface area is 119 Å². The van der Waals surface area contributed by atoms with Crippen LogP contribution in [0.3, 0.4) is 0 Å². The van der Waals surface area contributed by atoms with Gasteiger partial charge in [-0.2, -0.15) is 0 Å². The minimum Gasteiger partial charge on any atom is -0.398 e. The number of nitrogen functional groups attached to an aromatic ring is 1. The third-order valence-corrected chi connectivity index (χ3v) is 3.24. The van der Waals surface area contributed by atoms with Crippen molar-refractivity contribution < 1.29 is 0 Å². The molecule has 2 N–H and O–H groups in total. The summed E-state index contributed by atoms with van der Waals surface area (Å²) in [6.07, 6.45) is 2.63. The molecule has 0 radical (unpaired) electrons. The van der Waals surface area contributed by atoms with E-state index in [2.05, 4.69) is 36.2 Å². The van der Waals surface area contributed by atoms with Crippen molar-refractivity contribution in [2.75, 3.05) is 19.3 Å². The van der Waals surface area contributed by atoms with Crippen molar-refractivity contribution >= 4 is 5.69 Å². The number of anilines is 1. The van der Waals surface area contributed by atoms with Gasteiger partial charge in [0.25, 0.3) is 5.56 Å². The zero-order valence-electron chi connectivity index (χ0n) is 11.8. The number of rotatable bonds is 6. The van der Waals surface area contributed by atoms with Crippen LogP contribution in [0.4, 0.5) is 5.69 Å². The lowest BCUT2D eigenvalue weighted by molar-refractivity contribution is 0.313. The monoisotopic (exact) mass is 271 g/mol. The molecule has 20 heavy (non-hydrogen) atoms. The van der Waals surface area contributed by atoms with Crippen molar-refractivity contribution in [2.45, 2.75) is 19.5 Å². The average Bonchev–Trinajstić information content (AvgIpc) is 2.44. The van der Waals surface area contributed by atoms with Gasteiger partial charge < -0.3 is 15.2 Å². The first-order valence-corrected chi connectivity index (χ1v) is 6.83. The number of pyridine rings is 1. The van der Waals surface area contributed by atoms with Gasteiger partial charge in [0.15, 0.2) is 0 Å². The van der Waals surface area contributed by atoms with Gasteiger partial charge in [-0.1, -0.05) is 30.3 Å². The van der Waals surface area contributed by atoms with E-state index in [9.17, 15) is 4.79 Å². The minimum absolute atomic E-state index is 0.00455. The fourth-order valence-electron chi connectivity index (χ4n) is 2.21. The number of aromatic nitrogens is 1. The van der Waals surface area contributed by atoms with Gasteiger partial charge in [0.1, 0.15) is 0 Å². The lowest BCUT2D eigenvalue weighted by Crippen LogP contribution is -2.24. The minimum atomic E-state index is 0.00455. The molecular weight excluding hydrogens is 250 g/mol. The number of hydrogen-bond acceptors (Lipinski definition) is 3. The standard InChI is InChI=1S/C16H21N3O/c1-18(12-14-6-3-2-4-7-14)10-5-11-19-13-15(17)8-9-16(19)20/h2-4,6-9,13H,5,10-12,17H2,1H3. The highest BCUT2D eigenvalue weighted by atomic mass is 16.1. The van der Waals surface area contributed by atoms with Gasteiger partial charge in [-0.25, -0.2) is 0 Å². The van der Waals surface area contributed by atoms with Crippen LogP contribution >= 0.6 is 0 Å². The molecule has 0 aliphatic carbocycles. The molecule has 1 aromatic carbocycles. The molecule has 0 bridgehead atoms. The van der Waals surface area contributed by atoms with Crippen LogP contribution in [0.5, 0.6) is 0 Å². The fourth-order valence-corrected chi connectivity index (χ4v) is 2.21. The molecule has 0 fully saturated rings. The predicted molar refractivity (Wildman–Crippen MR) is 82.5 cm³/mol. The number of nitrogens with zero attached hydrogens (tertiary/aromatic N) is 2. The molecule has 0 amide bonds. The van der Waals surface area contributed by atoms with Crippen LogP contribution in [0.25, 0.3) is 0 Å². The Morgan fingerprint density at radius 1 is 1.15 bits per heavy atom. The molecule has 0 aliphatic heterocycles. The highest BCUT2D eigenvalue weighted by molar-refractivity contribution is 5.33. The van der Waals surface area contributed by atoms with Crippen LogP contribution in [-0.2, 0) is 13.1 Å². The lowest BCUT2D eigenvalue weighted by Gasteiger charge is -2.17. The van der Waals surface area contributed by atoms with Crippen molar-refractivity contribution in [1.29, 1.82) is 0 Å². The summed E-state index contributed by atoms with van der Waals surface area (Å²) in [4.78, 5) is 13.9. The molecule has 106 valence electrons. The maximum absolute atomic E-state index is 11.6. The second-order valence-electron chi connectivity index (χ2n) is 5.07. The molecular formula is C16H21N3O. The average molecular weight is 271 g/mol. The van der Waals surface area contributed by atoms with E-state index in [0.29, 0.717) is 12.2 Å². The van der Waals surface area contributed by atoms with E-state index in [1.165, 1.54) is 11.6 Å². The Balaban J connectivity index is 1.81. The van der Waals surface area contributed by atoms with Gasteiger partial charge in [0.2, 0.25) is 0 Å². The van der Waals surface area contributed by atoms with Crippen LogP contribution in [0.2, 0.25) is 0 Å². The molecule has 1 heterocycles. The quantitative estimate of drug-likeness (QED) is 0.873. The van der Waals surface area contributed by atoms with Crippen molar-refractivity contribution in [2.24, 2.45) is 0 Å². The van der Waals surface area contributed by atoms with Crippen LogP contribution in [-0.4, -0.2) is 23.1 Å². The first kappa shape index (κ1) is 14.3. The molecule has 0 atom stereocenters. The highest BCUT2D eigenvalue weighted by Gasteiger charge is 2.01. The Morgan fingerprint density at radius 3 is 2.65 bits per heavy atom. The van der Waals surface area contributed by atoms with E-state index in [1.807, 2.05) is 6.07 Å². The van der Waals surface area contributed by atoms with E-state index < -0.39 is 0 Å². The van der Waals surface area contributed by atoms with Gasteiger partial charge in [-0.15, -0.1) is 0 Å². The van der Waals surface area contributed by atoms with Crippen LogP contribution < -0.4 is 11.3 Å². The van der Waals surface area contributed by atoms with E-state index in [-0.39, 0.29) is 5.56 Å². The molecule has 0 saturated carbocycles. The summed E-state index contributed by atoms with van der Waals surface area (Å²) >= 11 is 0. The molecule has 4 nitrogen and oxygen atoms in total. The van der Waals surface area contributed by atoms with Crippen molar-refractivity contribution in [3.8, 4) is 0 Å². The highest BCUT2D eigenvalue weighted by Crippen LogP contribution is 2.03. The molecule has 0 saturated heterocycles. The van der Waals surface area contributed by atoms with Gasteiger partial charge in [-0.3, -0.25) is 4.79 Å². The SMILES string of the molecule is CN(CCCn1cc(N)ccc1=O)Cc1ccccc1. The van der Waals surface area contributed by atoms with Gasteiger partial charge in [0, 0.05) is 31.0 Å². The van der Waals surface area contributed by atoms with Crippen molar-refractivity contribution in [1.82, 2.24) is 9.47 Å². The zero-order chi connectivity index (χ0) is 14.4. The topological polar surface area (TPSA) is 51.3 Å². The molecule has 0 unspecified atom stereocenters. The van der Waals surface area contributed by atoms with Gasteiger partial charge in [-0.05, 0) is 31.6 Å². The molecule has 0 aliphatic rings. The zero-order valence-corrected chi connectivity index (χ0v) is 11.8. The first-order chi connectivity index (χ1) is 9.65. The molecule has 4 heteroatoms. The van der Waals surface area contributed by atoms with Crippen LogP contribution in [0, 0.1) is 0 Å². The van der Waals surface area contributed by atoms with E-state index in [1.54, 1.807) is 16.8 Å². The second kappa shape index (κ2) is 6.91. The largest absolute Gasteiger partial charge is 0.398 e. The number of aryl methyl sites for hydroxylation is 1. The third-order valence-electron chi connectivity index (χ3n) is 3.24. The van der Waals surface area contributed by atoms with E-state index in [0.717, 1.165) is 19.5 Å². The van der Waals surface area contributed by atoms with Crippen LogP contribution in [0.1, 0.15) is 12.0 Å². The van der Waals surface area contributed by atoms with E-state index >= 15 is 0 Å². The van der Waals surface area contributed by atoms with Gasteiger partial charge >= 0.3 is 0 Å².